The zero-order valence-corrected chi connectivity index (χ0v) is 20.1. The molecule has 6 nitrogen and oxygen atoms in total. The highest BCUT2D eigenvalue weighted by atomic mass is 32.2. The fourth-order valence-corrected chi connectivity index (χ4v) is 5.52. The van der Waals surface area contributed by atoms with Gasteiger partial charge in [0.25, 0.3) is 5.91 Å². The Labute approximate surface area is 203 Å². The van der Waals surface area contributed by atoms with Gasteiger partial charge in [0, 0.05) is 22.7 Å². The minimum atomic E-state index is -0.566. The van der Waals surface area contributed by atoms with Gasteiger partial charge in [-0.05, 0) is 65.8 Å². The number of thioether (sulfide) groups is 1. The van der Waals surface area contributed by atoms with E-state index in [2.05, 4.69) is 5.32 Å². The van der Waals surface area contributed by atoms with Crippen molar-refractivity contribution in [3.8, 4) is 11.5 Å². The molecule has 34 heavy (non-hydrogen) atoms. The second kappa shape index (κ2) is 9.06. The van der Waals surface area contributed by atoms with Gasteiger partial charge >= 0.3 is 0 Å². The third-order valence-electron chi connectivity index (χ3n) is 6.64. The van der Waals surface area contributed by atoms with Crippen LogP contribution in [-0.2, 0) is 11.2 Å². The van der Waals surface area contributed by atoms with Crippen molar-refractivity contribution < 1.29 is 19.1 Å². The lowest BCUT2D eigenvalue weighted by Gasteiger charge is -2.45. The first kappa shape index (κ1) is 22.3. The maximum atomic E-state index is 13.9. The van der Waals surface area contributed by atoms with Gasteiger partial charge in [-0.3, -0.25) is 9.59 Å². The summed E-state index contributed by atoms with van der Waals surface area (Å²) in [6.45, 7) is 0.534. The molecule has 3 aromatic carbocycles. The minimum absolute atomic E-state index is 0.0468. The molecule has 5 rings (SSSR count). The Bertz CT molecular complexity index is 1280. The summed E-state index contributed by atoms with van der Waals surface area (Å²) >= 11 is 1.62. The number of rotatable bonds is 5. The molecule has 2 unspecified atom stereocenters. The highest BCUT2D eigenvalue weighted by molar-refractivity contribution is 7.98. The number of nitrogens with one attached hydrogen (secondary N) is 1. The monoisotopic (exact) mass is 474 g/mol. The van der Waals surface area contributed by atoms with E-state index >= 15 is 0 Å². The Balaban J connectivity index is 1.64. The number of hydrogen-bond acceptors (Lipinski definition) is 5. The Kier molecular flexibility index (Phi) is 5.96. The minimum Gasteiger partial charge on any atom is -0.493 e. The molecule has 2 aliphatic heterocycles. The van der Waals surface area contributed by atoms with Gasteiger partial charge < -0.3 is 19.7 Å². The molecule has 0 saturated carbocycles. The number of amides is 2. The molecule has 0 fully saturated rings. The molecule has 174 valence electrons. The van der Waals surface area contributed by atoms with E-state index in [4.69, 9.17) is 9.47 Å². The second-order valence-corrected chi connectivity index (χ2v) is 9.27. The molecule has 2 heterocycles. The smallest absolute Gasteiger partial charge is 0.254 e. The zero-order valence-electron chi connectivity index (χ0n) is 19.3. The largest absolute Gasteiger partial charge is 0.493 e. The number of benzene rings is 3. The van der Waals surface area contributed by atoms with Gasteiger partial charge in [0.2, 0.25) is 5.91 Å². The molecular weight excluding hydrogens is 448 g/mol. The van der Waals surface area contributed by atoms with Crippen molar-refractivity contribution in [2.24, 2.45) is 0 Å². The fraction of sp³-hybridized carbons (Fsp3) is 0.259. The van der Waals surface area contributed by atoms with E-state index < -0.39 is 12.0 Å². The number of nitrogens with zero attached hydrogens (tertiary/aromatic N) is 1. The first-order valence-electron chi connectivity index (χ1n) is 11.1. The van der Waals surface area contributed by atoms with E-state index in [1.54, 1.807) is 26.0 Å². The van der Waals surface area contributed by atoms with Crippen molar-refractivity contribution in [2.45, 2.75) is 23.3 Å². The lowest BCUT2D eigenvalue weighted by atomic mass is 9.75. The summed E-state index contributed by atoms with van der Waals surface area (Å²) in [5.74, 6) is 0.475. The Morgan fingerprint density at radius 2 is 1.76 bits per heavy atom. The number of methoxy groups -OCH3 is 2. The number of carbonyl (C=O) groups excluding carboxylic acids is 2. The van der Waals surface area contributed by atoms with Crippen LogP contribution < -0.4 is 14.8 Å². The maximum Gasteiger partial charge on any atom is 0.254 e. The Hall–Kier alpha value is -3.45. The lowest BCUT2D eigenvalue weighted by molar-refractivity contribution is -0.119. The molecule has 0 aliphatic carbocycles. The molecule has 1 N–H and O–H groups in total. The van der Waals surface area contributed by atoms with E-state index in [1.807, 2.05) is 71.8 Å². The molecule has 7 heteroatoms. The first-order chi connectivity index (χ1) is 16.5. The quantitative estimate of drug-likeness (QED) is 0.533. The highest BCUT2D eigenvalue weighted by Crippen LogP contribution is 2.48. The molecule has 0 saturated heterocycles. The van der Waals surface area contributed by atoms with Crippen LogP contribution in [0.4, 0.5) is 5.69 Å². The number of anilines is 1. The van der Waals surface area contributed by atoms with Crippen LogP contribution in [0.5, 0.6) is 11.5 Å². The predicted octanol–water partition coefficient (Wildman–Crippen LogP) is 4.90. The molecule has 2 aliphatic rings. The van der Waals surface area contributed by atoms with E-state index in [1.165, 1.54) is 0 Å². The summed E-state index contributed by atoms with van der Waals surface area (Å²) in [7, 11) is 3.20. The summed E-state index contributed by atoms with van der Waals surface area (Å²) in [6.07, 6.45) is 2.69. The van der Waals surface area contributed by atoms with Gasteiger partial charge in [-0.1, -0.05) is 24.3 Å². The summed E-state index contributed by atoms with van der Waals surface area (Å²) in [4.78, 5) is 30.3. The van der Waals surface area contributed by atoms with Crippen molar-refractivity contribution in [3.63, 3.8) is 0 Å². The zero-order chi connectivity index (χ0) is 23.8. The third kappa shape index (κ3) is 3.70. The molecular formula is C27H26N2O4S. The van der Waals surface area contributed by atoms with Crippen LogP contribution in [-0.4, -0.2) is 43.7 Å². The van der Waals surface area contributed by atoms with Gasteiger partial charge in [-0.15, -0.1) is 11.8 Å². The summed E-state index contributed by atoms with van der Waals surface area (Å²) in [5.41, 5.74) is 4.05. The molecule has 3 aromatic rings. The average Bonchev–Trinajstić information content (AvgIpc) is 2.88. The van der Waals surface area contributed by atoms with Crippen LogP contribution in [0.3, 0.4) is 0 Å². The topological polar surface area (TPSA) is 67.9 Å². The van der Waals surface area contributed by atoms with E-state index in [0.29, 0.717) is 30.0 Å². The van der Waals surface area contributed by atoms with E-state index in [9.17, 15) is 9.59 Å². The SMILES string of the molecule is COc1cc2c(cc1OC)C1C(C(=O)Nc3cccc(SC)c3)c3ccccc3C(=O)N1CC2. The number of fused-ring (bicyclic) bond motifs is 4. The van der Waals surface area contributed by atoms with Crippen molar-refractivity contribution in [2.75, 3.05) is 32.3 Å². The van der Waals surface area contributed by atoms with E-state index in [-0.39, 0.29) is 11.8 Å². The van der Waals surface area contributed by atoms with Gasteiger partial charge in [0.05, 0.1) is 26.2 Å². The highest BCUT2D eigenvalue weighted by Gasteiger charge is 2.46. The molecule has 0 bridgehead atoms. The van der Waals surface area contributed by atoms with Gasteiger partial charge in [0.1, 0.15) is 0 Å². The van der Waals surface area contributed by atoms with Crippen molar-refractivity contribution >= 4 is 29.3 Å². The number of ether oxygens (including phenoxy) is 2. The number of hydrogen-bond donors (Lipinski definition) is 1. The second-order valence-electron chi connectivity index (χ2n) is 8.39. The molecule has 0 aromatic heterocycles. The van der Waals surface area contributed by atoms with Crippen LogP contribution in [0.2, 0.25) is 0 Å². The van der Waals surface area contributed by atoms with Gasteiger partial charge in [0.15, 0.2) is 11.5 Å². The summed E-state index contributed by atoms with van der Waals surface area (Å²) in [5, 5.41) is 3.11. The maximum absolute atomic E-state index is 13.9. The summed E-state index contributed by atoms with van der Waals surface area (Å²) < 4.78 is 11.1. The average molecular weight is 475 g/mol. The van der Waals surface area contributed by atoms with E-state index in [0.717, 1.165) is 27.3 Å². The van der Waals surface area contributed by atoms with Crippen molar-refractivity contribution in [1.29, 1.82) is 0 Å². The van der Waals surface area contributed by atoms with Gasteiger partial charge in [-0.2, -0.15) is 0 Å². The van der Waals surface area contributed by atoms with Crippen LogP contribution >= 0.6 is 11.8 Å². The molecule has 0 radical (unpaired) electrons. The van der Waals surface area contributed by atoms with Crippen LogP contribution in [0.25, 0.3) is 0 Å². The molecule has 0 spiro atoms. The Morgan fingerprint density at radius 3 is 2.53 bits per heavy atom. The summed E-state index contributed by atoms with van der Waals surface area (Å²) in [6, 6.07) is 18.7. The first-order valence-corrected chi connectivity index (χ1v) is 12.4. The van der Waals surface area contributed by atoms with Gasteiger partial charge in [-0.25, -0.2) is 0 Å². The van der Waals surface area contributed by atoms with Crippen LogP contribution in [0.15, 0.2) is 65.6 Å². The van der Waals surface area contributed by atoms with Crippen LogP contribution in [0, 0.1) is 0 Å². The number of carbonyl (C=O) groups is 2. The predicted molar refractivity (Wildman–Crippen MR) is 133 cm³/mol. The van der Waals surface area contributed by atoms with Crippen molar-refractivity contribution in [3.05, 3.63) is 82.9 Å². The lowest BCUT2D eigenvalue weighted by Crippen LogP contribution is -2.49. The molecule has 2 atom stereocenters. The normalized spacial score (nSPS) is 18.4. The van der Waals surface area contributed by atoms with Crippen LogP contribution in [0.1, 0.15) is 39.0 Å². The molecule has 2 amide bonds. The Morgan fingerprint density at radius 1 is 1.00 bits per heavy atom. The standard InChI is InChI=1S/C27H26N2O4S/c1-32-22-13-16-11-12-29-25(21(16)15-23(22)33-2)24(19-9-4-5-10-20(19)27(29)31)26(30)28-17-7-6-8-18(14-17)34-3/h4-10,13-15,24-25H,11-12H2,1-3H3,(H,28,30). The third-order valence-corrected chi connectivity index (χ3v) is 7.37. The van der Waals surface area contributed by atoms with Crippen molar-refractivity contribution in [1.82, 2.24) is 4.90 Å². The fourth-order valence-electron chi connectivity index (χ4n) is 5.06.